The normalized spacial score (nSPS) is 10.6. The van der Waals surface area contributed by atoms with Gasteiger partial charge in [-0.1, -0.05) is 11.6 Å². The molecule has 2 heterocycles. The van der Waals surface area contributed by atoms with Crippen molar-refractivity contribution in [2.24, 2.45) is 0 Å². The number of nitrogens with two attached hydrogens (primary N) is 1. The number of aromatic nitrogens is 2. The summed E-state index contributed by atoms with van der Waals surface area (Å²) in [6.45, 7) is 0. The Morgan fingerprint density at radius 3 is 3.06 bits per heavy atom. The number of nitrogens with zero attached hydrogens (tertiary/aromatic N) is 2. The number of methoxy groups -OCH3 is 1. The maximum Gasteiger partial charge on any atom is 0.311 e. The van der Waals surface area contributed by atoms with Crippen molar-refractivity contribution >= 4 is 28.9 Å². The fraction of sp³-hybridized carbons (Fsp3) is 0.200. The molecule has 0 unspecified atom stereocenters. The highest BCUT2D eigenvalue weighted by Crippen LogP contribution is 2.20. The Morgan fingerprint density at radius 1 is 1.62 bits per heavy atom. The number of anilines is 1. The maximum absolute atomic E-state index is 11.1. The molecule has 0 aliphatic heterocycles. The Morgan fingerprint density at radius 2 is 2.38 bits per heavy atom. The molecule has 0 spiro atoms. The number of hydrogen-bond acceptors (Lipinski definition) is 4. The topological polar surface area (TPSA) is 69.6 Å². The molecule has 2 N–H and O–H groups in total. The van der Waals surface area contributed by atoms with Crippen LogP contribution in [0, 0.1) is 0 Å². The minimum Gasteiger partial charge on any atom is -0.469 e. The van der Waals surface area contributed by atoms with Crippen LogP contribution in [0.3, 0.4) is 0 Å². The lowest BCUT2D eigenvalue weighted by atomic mass is 10.3. The Bertz CT molecular complexity index is 550. The first-order valence-electron chi connectivity index (χ1n) is 4.59. The zero-order chi connectivity index (χ0) is 11.7. The monoisotopic (exact) mass is 239 g/mol. The highest BCUT2D eigenvalue weighted by molar-refractivity contribution is 6.33. The number of fused-ring (bicyclic) bond motifs is 1. The Balaban J connectivity index is 2.44. The molecule has 0 radical (unpaired) electrons. The number of carbonyl (C=O) groups excluding carboxylic acids is 1. The summed E-state index contributed by atoms with van der Waals surface area (Å²) < 4.78 is 6.25. The SMILES string of the molecule is COC(=O)Cc1cn2cc(N)cc(Cl)c2n1. The van der Waals surface area contributed by atoms with E-state index in [0.29, 0.717) is 22.1 Å². The molecule has 2 aromatic rings. The molecule has 0 saturated heterocycles. The van der Waals surface area contributed by atoms with Crippen LogP contribution in [0.4, 0.5) is 5.69 Å². The Kier molecular flexibility index (Phi) is 2.70. The fourth-order valence-electron chi connectivity index (χ4n) is 1.43. The van der Waals surface area contributed by atoms with Gasteiger partial charge in [0.15, 0.2) is 5.65 Å². The summed E-state index contributed by atoms with van der Waals surface area (Å²) >= 11 is 5.97. The van der Waals surface area contributed by atoms with Crippen LogP contribution in [0.2, 0.25) is 5.02 Å². The van der Waals surface area contributed by atoms with Gasteiger partial charge in [-0.2, -0.15) is 0 Å². The number of imidazole rings is 1. The van der Waals surface area contributed by atoms with Crippen molar-refractivity contribution in [3.8, 4) is 0 Å². The number of hydrogen-bond donors (Lipinski definition) is 1. The summed E-state index contributed by atoms with van der Waals surface area (Å²) in [5.41, 5.74) is 7.35. The second-order valence-electron chi connectivity index (χ2n) is 3.34. The third-order valence-electron chi connectivity index (χ3n) is 2.13. The van der Waals surface area contributed by atoms with Crippen molar-refractivity contribution in [1.29, 1.82) is 0 Å². The lowest BCUT2D eigenvalue weighted by Crippen LogP contribution is -2.04. The lowest BCUT2D eigenvalue weighted by Gasteiger charge is -1.97. The van der Waals surface area contributed by atoms with Crippen LogP contribution < -0.4 is 5.73 Å². The van der Waals surface area contributed by atoms with Gasteiger partial charge in [-0.25, -0.2) is 4.98 Å². The molecule has 0 aliphatic carbocycles. The van der Waals surface area contributed by atoms with E-state index in [4.69, 9.17) is 17.3 Å². The number of nitrogen functional groups attached to an aromatic ring is 1. The van der Waals surface area contributed by atoms with Crippen molar-refractivity contribution in [3.63, 3.8) is 0 Å². The van der Waals surface area contributed by atoms with Crippen LogP contribution in [0.5, 0.6) is 0 Å². The van der Waals surface area contributed by atoms with Crippen molar-refractivity contribution in [2.75, 3.05) is 12.8 Å². The second kappa shape index (κ2) is 4.02. The number of rotatable bonds is 2. The smallest absolute Gasteiger partial charge is 0.311 e. The molecule has 0 fully saturated rings. The molecule has 6 heteroatoms. The van der Waals surface area contributed by atoms with Gasteiger partial charge in [0.25, 0.3) is 0 Å². The van der Waals surface area contributed by atoms with Gasteiger partial charge in [-0.15, -0.1) is 0 Å². The van der Waals surface area contributed by atoms with Gasteiger partial charge in [0.05, 0.1) is 24.2 Å². The molecule has 0 bridgehead atoms. The molecule has 84 valence electrons. The van der Waals surface area contributed by atoms with E-state index in [1.807, 2.05) is 0 Å². The van der Waals surface area contributed by atoms with Crippen molar-refractivity contribution in [3.05, 3.63) is 29.2 Å². The third kappa shape index (κ3) is 1.94. The average Bonchev–Trinajstić information content (AvgIpc) is 2.60. The van der Waals surface area contributed by atoms with Crippen LogP contribution in [-0.4, -0.2) is 22.5 Å². The Hall–Kier alpha value is -1.75. The first-order valence-corrected chi connectivity index (χ1v) is 4.97. The van der Waals surface area contributed by atoms with E-state index in [1.165, 1.54) is 7.11 Å². The van der Waals surface area contributed by atoms with E-state index < -0.39 is 0 Å². The molecule has 2 rings (SSSR count). The summed E-state index contributed by atoms with van der Waals surface area (Å²) in [4.78, 5) is 15.3. The van der Waals surface area contributed by atoms with Crippen LogP contribution in [-0.2, 0) is 16.0 Å². The molecule has 5 nitrogen and oxygen atoms in total. The van der Waals surface area contributed by atoms with Gasteiger partial charge in [-0.3, -0.25) is 4.79 Å². The van der Waals surface area contributed by atoms with Crippen molar-refractivity contribution in [1.82, 2.24) is 9.38 Å². The van der Waals surface area contributed by atoms with Crippen molar-refractivity contribution < 1.29 is 9.53 Å². The van der Waals surface area contributed by atoms with Crippen LogP contribution in [0.25, 0.3) is 5.65 Å². The summed E-state index contributed by atoms with van der Waals surface area (Å²) in [5, 5.41) is 0.455. The largest absolute Gasteiger partial charge is 0.469 e. The molecule has 0 aromatic carbocycles. The highest BCUT2D eigenvalue weighted by Gasteiger charge is 2.09. The van der Waals surface area contributed by atoms with E-state index in [-0.39, 0.29) is 12.4 Å². The summed E-state index contributed by atoms with van der Waals surface area (Å²) in [7, 11) is 1.34. The number of ether oxygens (including phenoxy) is 1. The average molecular weight is 240 g/mol. The number of esters is 1. The summed E-state index contributed by atoms with van der Waals surface area (Å²) in [6.07, 6.45) is 3.51. The molecular formula is C10H10ClN3O2. The van der Waals surface area contributed by atoms with E-state index in [0.717, 1.165) is 0 Å². The molecule has 0 saturated carbocycles. The van der Waals surface area contributed by atoms with Gasteiger partial charge >= 0.3 is 5.97 Å². The predicted octanol–water partition coefficient (Wildman–Crippen LogP) is 1.29. The van der Waals surface area contributed by atoms with Crippen LogP contribution >= 0.6 is 11.6 Å². The summed E-state index contributed by atoms with van der Waals surface area (Å²) in [6, 6.07) is 1.62. The van der Waals surface area contributed by atoms with E-state index >= 15 is 0 Å². The van der Waals surface area contributed by atoms with Gasteiger partial charge in [0.1, 0.15) is 0 Å². The standard InChI is InChI=1S/C10H10ClN3O2/c1-16-9(15)3-7-5-14-4-6(12)2-8(11)10(14)13-7/h2,4-5H,3,12H2,1H3. The molecule has 16 heavy (non-hydrogen) atoms. The minimum atomic E-state index is -0.340. The molecule has 0 aliphatic rings. The van der Waals surface area contributed by atoms with Gasteiger partial charge < -0.3 is 14.9 Å². The third-order valence-corrected chi connectivity index (χ3v) is 2.41. The Labute approximate surface area is 96.8 Å². The summed E-state index contributed by atoms with van der Waals surface area (Å²) in [5.74, 6) is -0.340. The molecule has 0 amide bonds. The highest BCUT2D eigenvalue weighted by atomic mass is 35.5. The zero-order valence-electron chi connectivity index (χ0n) is 8.61. The number of carbonyl (C=O) groups is 1. The fourth-order valence-corrected chi connectivity index (χ4v) is 1.70. The van der Waals surface area contributed by atoms with Gasteiger partial charge in [-0.05, 0) is 6.07 Å². The minimum absolute atomic E-state index is 0.119. The lowest BCUT2D eigenvalue weighted by molar-refractivity contribution is -0.139. The van der Waals surface area contributed by atoms with Crippen LogP contribution in [0.15, 0.2) is 18.5 Å². The van der Waals surface area contributed by atoms with Gasteiger partial charge in [0, 0.05) is 18.1 Å². The second-order valence-corrected chi connectivity index (χ2v) is 3.74. The number of pyridine rings is 1. The van der Waals surface area contributed by atoms with E-state index in [1.54, 1.807) is 22.9 Å². The van der Waals surface area contributed by atoms with Crippen molar-refractivity contribution in [2.45, 2.75) is 6.42 Å². The predicted molar refractivity (Wildman–Crippen MR) is 60.3 cm³/mol. The van der Waals surface area contributed by atoms with E-state index in [2.05, 4.69) is 9.72 Å². The first-order chi connectivity index (χ1) is 7.60. The molecule has 2 aromatic heterocycles. The van der Waals surface area contributed by atoms with E-state index in [9.17, 15) is 4.79 Å². The van der Waals surface area contributed by atoms with Gasteiger partial charge in [0.2, 0.25) is 0 Å². The quantitative estimate of drug-likeness (QED) is 0.802. The zero-order valence-corrected chi connectivity index (χ0v) is 9.36. The molecular weight excluding hydrogens is 230 g/mol. The maximum atomic E-state index is 11.1. The molecule has 0 atom stereocenters. The first kappa shape index (κ1) is 10.8. The van der Waals surface area contributed by atoms with Crippen LogP contribution in [0.1, 0.15) is 5.69 Å². The number of halogens is 1.